The molecule has 0 aromatic heterocycles. The average molecular weight is 1120 g/mol. The second kappa shape index (κ2) is 32.5. The zero-order valence-corrected chi connectivity index (χ0v) is 45.7. The van der Waals surface area contributed by atoms with Crippen molar-refractivity contribution in [2.24, 2.45) is 22.7 Å². The van der Waals surface area contributed by atoms with Crippen LogP contribution in [0, 0.1) is 11.8 Å². The zero-order chi connectivity index (χ0) is 58.5. The third kappa shape index (κ3) is 19.5. The van der Waals surface area contributed by atoms with Gasteiger partial charge < -0.3 is 83.0 Å². The molecule has 4 rings (SSSR count). The molecule has 79 heavy (non-hydrogen) atoms. The van der Waals surface area contributed by atoms with Crippen LogP contribution in [0.15, 0.2) is 29.4 Å². The molecule has 3 heterocycles. The van der Waals surface area contributed by atoms with E-state index in [4.69, 9.17) is 11.3 Å². The highest BCUT2D eigenvalue weighted by Gasteiger charge is 2.49. The number of aliphatic hydroxyl groups excluding tert-OH is 7. The summed E-state index contributed by atoms with van der Waals surface area (Å²) in [6, 6.07) is -6.64. The van der Waals surface area contributed by atoms with Gasteiger partial charge in [0.2, 0.25) is 41.4 Å². The summed E-state index contributed by atoms with van der Waals surface area (Å²) < 4.78 is 0. The smallest absolute Gasteiger partial charge is 0.248 e. The molecule has 1 aromatic carbocycles. The van der Waals surface area contributed by atoms with E-state index in [0.29, 0.717) is 24.7 Å². The molecule has 0 radical (unpaired) electrons. The van der Waals surface area contributed by atoms with Crippen LogP contribution in [0.5, 0.6) is 5.75 Å². The number of nitrogens with two attached hydrogens (primary N) is 1. The number of hydrogen-bond acceptors (Lipinski definition) is 18. The Morgan fingerprint density at radius 3 is 2.06 bits per heavy atom. The molecule has 7 amide bonds. The first-order valence-corrected chi connectivity index (χ1v) is 27.6. The molecule has 0 bridgehead atoms. The highest BCUT2D eigenvalue weighted by Crippen LogP contribution is 2.27. The number of rotatable bonds is 24. The lowest BCUT2D eigenvalue weighted by molar-refractivity contribution is -0.148. The van der Waals surface area contributed by atoms with Crippen LogP contribution >= 0.6 is 0 Å². The number of aromatic hydroxyl groups is 1. The van der Waals surface area contributed by atoms with E-state index in [0.717, 1.165) is 67.4 Å². The average Bonchev–Trinajstić information content (AvgIpc) is 4.06. The first-order valence-electron chi connectivity index (χ1n) is 27.6. The van der Waals surface area contributed by atoms with Gasteiger partial charge in [0, 0.05) is 50.4 Å². The van der Waals surface area contributed by atoms with Crippen molar-refractivity contribution in [2.75, 3.05) is 32.7 Å². The van der Waals surface area contributed by atoms with Crippen molar-refractivity contribution in [3.05, 3.63) is 40.3 Å². The summed E-state index contributed by atoms with van der Waals surface area (Å²) in [7, 11) is 0. The molecule has 0 saturated carbocycles. The second-order valence-electron chi connectivity index (χ2n) is 21.4. The van der Waals surface area contributed by atoms with Crippen LogP contribution in [0.3, 0.4) is 0 Å². The van der Waals surface area contributed by atoms with E-state index in [1.165, 1.54) is 18.6 Å². The Hall–Kier alpha value is -5.74. The molecule has 3 aliphatic rings. The fourth-order valence-corrected chi connectivity index (χ4v) is 10.3. The van der Waals surface area contributed by atoms with Gasteiger partial charge in [-0.2, -0.15) is 0 Å². The molecule has 3 aliphatic heterocycles. The third-order valence-electron chi connectivity index (χ3n) is 15.0. The number of amides is 7. The molecule has 1 aromatic rings. The zero-order valence-electron chi connectivity index (χ0n) is 45.7. The Labute approximate surface area is 460 Å². The van der Waals surface area contributed by atoms with Crippen LogP contribution in [0.25, 0.3) is 10.4 Å². The second-order valence-corrected chi connectivity index (χ2v) is 21.4. The normalized spacial score (nSPS) is 28.1. The monoisotopic (exact) mass is 1120 g/mol. The van der Waals surface area contributed by atoms with Crippen LogP contribution in [0.2, 0.25) is 0 Å². The van der Waals surface area contributed by atoms with Crippen LogP contribution in [0.4, 0.5) is 0 Å². The quantitative estimate of drug-likeness (QED) is 0.0231. The van der Waals surface area contributed by atoms with E-state index in [1.807, 2.05) is 0 Å². The summed E-state index contributed by atoms with van der Waals surface area (Å²) >= 11 is 0. The number of nitrogens with zero attached hydrogens (tertiary/aromatic N) is 5. The number of benzene rings is 1. The first kappa shape index (κ1) is 65.8. The van der Waals surface area contributed by atoms with Gasteiger partial charge in [-0.15, -0.1) is 0 Å². The fourth-order valence-electron chi connectivity index (χ4n) is 10.3. The van der Waals surface area contributed by atoms with Crippen LogP contribution in [0.1, 0.15) is 129 Å². The summed E-state index contributed by atoms with van der Waals surface area (Å²) in [4.78, 5) is 105. The fraction of sp³-hybridized carbons (Fsp3) is 0.750. The molecule has 8 unspecified atom stereocenters. The molecule has 0 spiro atoms. The molecular formula is C52H86N12O15. The molecule has 16 N–H and O–H groups in total. The Bertz CT molecular complexity index is 2210. The minimum absolute atomic E-state index is 0.0545. The number of aliphatic hydroxyl groups is 7. The highest BCUT2D eigenvalue weighted by atomic mass is 16.3. The van der Waals surface area contributed by atoms with E-state index in [-0.39, 0.29) is 56.8 Å². The van der Waals surface area contributed by atoms with Gasteiger partial charge in [0.25, 0.3) is 0 Å². The van der Waals surface area contributed by atoms with Crippen molar-refractivity contribution in [3.63, 3.8) is 0 Å². The molecule has 0 aliphatic carbocycles. The summed E-state index contributed by atoms with van der Waals surface area (Å²) in [6.07, 6.45) is -7.58. The Morgan fingerprint density at radius 1 is 0.785 bits per heavy atom. The van der Waals surface area contributed by atoms with Gasteiger partial charge in [-0.1, -0.05) is 83.0 Å². The number of carbonyl (C=O) groups is 7. The van der Waals surface area contributed by atoms with Crippen molar-refractivity contribution in [2.45, 2.75) is 203 Å². The van der Waals surface area contributed by atoms with Crippen molar-refractivity contribution in [3.8, 4) is 5.75 Å². The van der Waals surface area contributed by atoms with Crippen LogP contribution < -0.4 is 37.6 Å². The Morgan fingerprint density at radius 2 is 1.42 bits per heavy atom. The van der Waals surface area contributed by atoms with Crippen molar-refractivity contribution >= 4 is 41.4 Å². The molecule has 3 fully saturated rings. The van der Waals surface area contributed by atoms with E-state index in [1.54, 1.807) is 0 Å². The minimum Gasteiger partial charge on any atom is -0.508 e. The number of phenols is 1. The van der Waals surface area contributed by atoms with Gasteiger partial charge in [-0.3, -0.25) is 38.9 Å². The van der Waals surface area contributed by atoms with Crippen molar-refractivity contribution in [1.29, 1.82) is 0 Å². The van der Waals surface area contributed by atoms with E-state index in [2.05, 4.69) is 62.7 Å². The number of unbranched alkanes of at least 4 members (excludes halogenated alkanes) is 5. The predicted octanol–water partition coefficient (Wildman–Crippen LogP) is -1.96. The largest absolute Gasteiger partial charge is 0.508 e. The third-order valence-corrected chi connectivity index (χ3v) is 15.0. The maximum absolute atomic E-state index is 14.6. The standard InChI is InChI=1S/C52H86N12O15/c1-5-28(2)24-29(3)12-10-8-6-7-9-11-13-39(71)57-34-26-38(70)46(55-21-22-56-62-54)61-50(77)43-37(69)19-23-63(43)52(79)41(36(68)18-20-53)59-49(76)42(45(73)44(72)31-14-16-32(66)17-15-31)60-48(75)35-25-33(67)27-64(35)51(78)40(30(4)65)58-47(34)74/h14-17,28-30,33-38,40-46,55,65-70,72-73H,5-13,18-27,53H2,1-4H3,(H,57,71)(H,58,74)(H,59,76)(H,60,75)(H,61,77)/t28?,29?,30-,33-,34?,35?,36-,37+,38-,40?,41?,42?,43?,44+,45+,46+/m1/s1. The molecular weight excluding hydrogens is 1030 g/mol. The number of carbonyl (C=O) groups excluding carboxylic acids is 7. The van der Waals surface area contributed by atoms with Gasteiger partial charge in [-0.25, -0.2) is 0 Å². The summed E-state index contributed by atoms with van der Waals surface area (Å²) in [6.45, 7) is 6.26. The van der Waals surface area contributed by atoms with Gasteiger partial charge in [0.1, 0.15) is 60.4 Å². The van der Waals surface area contributed by atoms with Gasteiger partial charge in [0.05, 0.1) is 30.5 Å². The van der Waals surface area contributed by atoms with Crippen LogP contribution in [-0.2, 0) is 33.6 Å². The lowest BCUT2D eigenvalue weighted by atomic mass is 9.91. The molecule has 27 heteroatoms. The predicted molar refractivity (Wildman–Crippen MR) is 285 cm³/mol. The van der Waals surface area contributed by atoms with Crippen LogP contribution in [-0.4, -0.2) is 204 Å². The number of hydrogen-bond donors (Lipinski definition) is 15. The van der Waals surface area contributed by atoms with E-state index in [9.17, 15) is 74.4 Å². The molecule has 444 valence electrons. The lowest BCUT2D eigenvalue weighted by Crippen LogP contribution is -2.65. The van der Waals surface area contributed by atoms with E-state index < -0.39 is 146 Å². The molecule has 3 saturated heterocycles. The summed E-state index contributed by atoms with van der Waals surface area (Å²) in [5.74, 6) is -6.68. The highest BCUT2D eigenvalue weighted by molar-refractivity contribution is 5.98. The number of fused-ring (bicyclic) bond motifs is 2. The molecule has 27 nitrogen and oxygen atoms in total. The van der Waals surface area contributed by atoms with Gasteiger partial charge >= 0.3 is 0 Å². The van der Waals surface area contributed by atoms with E-state index >= 15 is 0 Å². The number of nitrogens with one attached hydrogen (secondary N) is 6. The maximum Gasteiger partial charge on any atom is 0.248 e. The SMILES string of the molecule is CCC(C)CC(C)CCCCCCCCC(=O)NC1C[C@@H](O)[C@@H](NCCN=[N+]=[N-])NC(=O)C2[C@@H](O)CCN2C(=O)C([C@H](O)CCN)NC(=O)C([C@H](O)[C@@H](O)c2ccc(O)cc2)NC(=O)C2C[C@@H](O)CN2C(=O)C([C@@H](C)O)NC1=O. The van der Waals surface area contributed by atoms with Gasteiger partial charge in [0.15, 0.2) is 0 Å². The lowest BCUT2D eigenvalue weighted by Gasteiger charge is -2.35. The molecule has 16 atom stereocenters. The maximum atomic E-state index is 14.6. The summed E-state index contributed by atoms with van der Waals surface area (Å²) in [5.41, 5.74) is 14.6. The Kier molecular flexibility index (Phi) is 27.1. The first-order chi connectivity index (χ1) is 37.5. The number of phenolic OH excluding ortho intramolecular Hbond substituents is 1. The van der Waals surface area contributed by atoms with Crippen molar-refractivity contribution < 1.29 is 74.4 Å². The Balaban J connectivity index is 1.75. The minimum atomic E-state index is -2.30. The topological polar surface area (TPSA) is 435 Å². The van der Waals surface area contributed by atoms with Crippen molar-refractivity contribution in [1.82, 2.24) is 41.7 Å². The van der Waals surface area contributed by atoms with Gasteiger partial charge in [-0.05, 0) is 74.2 Å². The summed E-state index contributed by atoms with van der Waals surface area (Å²) in [5, 5.41) is 108. The number of azide groups is 1.